The summed E-state index contributed by atoms with van der Waals surface area (Å²) in [7, 11) is 3.34. The summed E-state index contributed by atoms with van der Waals surface area (Å²) in [6.07, 6.45) is 1.59. The number of hydrogen-bond donors (Lipinski definition) is 1. The lowest BCUT2D eigenvalue weighted by atomic mass is 10.1. The summed E-state index contributed by atoms with van der Waals surface area (Å²) in [4.78, 5) is 12.3. The third-order valence-corrected chi connectivity index (χ3v) is 3.29. The average molecular weight is 303 g/mol. The number of rotatable bonds is 7. The number of methoxy groups -OCH3 is 1. The van der Waals surface area contributed by atoms with E-state index in [9.17, 15) is 4.79 Å². The van der Waals surface area contributed by atoms with E-state index in [0.717, 1.165) is 11.3 Å². The molecule has 0 saturated carbocycles. The minimum absolute atomic E-state index is 0.184. The molecule has 0 bridgehead atoms. The first-order valence-electron chi connectivity index (χ1n) is 7.16. The molecule has 6 nitrogen and oxygen atoms in total. The second kappa shape index (κ2) is 7.61. The van der Waals surface area contributed by atoms with Crippen LogP contribution in [0.4, 0.5) is 0 Å². The Kier molecular flexibility index (Phi) is 5.55. The van der Waals surface area contributed by atoms with Crippen molar-refractivity contribution in [2.45, 2.75) is 13.0 Å². The summed E-state index contributed by atoms with van der Waals surface area (Å²) < 4.78 is 12.2. The molecule has 118 valence electrons. The van der Waals surface area contributed by atoms with E-state index in [1.165, 1.54) is 4.68 Å². The molecule has 0 saturated heterocycles. The van der Waals surface area contributed by atoms with Crippen molar-refractivity contribution in [3.8, 4) is 5.75 Å². The van der Waals surface area contributed by atoms with E-state index in [0.29, 0.717) is 18.9 Å². The summed E-state index contributed by atoms with van der Waals surface area (Å²) >= 11 is 0. The first-order chi connectivity index (χ1) is 10.7. The number of carbonyl (C=O) groups excluding carboxylic acids is 1. The lowest BCUT2D eigenvalue weighted by Crippen LogP contribution is -2.32. The highest BCUT2D eigenvalue weighted by atomic mass is 16.5. The summed E-state index contributed by atoms with van der Waals surface area (Å²) in [5, 5.41) is 6.97. The monoisotopic (exact) mass is 303 g/mol. The van der Waals surface area contributed by atoms with Gasteiger partial charge in [-0.25, -0.2) is 0 Å². The number of aryl methyl sites for hydroxylation is 1. The zero-order chi connectivity index (χ0) is 15.9. The van der Waals surface area contributed by atoms with Gasteiger partial charge in [0.2, 0.25) is 0 Å². The number of nitrogens with zero attached hydrogens (tertiary/aromatic N) is 2. The van der Waals surface area contributed by atoms with Gasteiger partial charge in [0.05, 0.1) is 19.3 Å². The highest BCUT2D eigenvalue weighted by molar-refractivity contribution is 5.92. The van der Waals surface area contributed by atoms with Gasteiger partial charge in [0, 0.05) is 20.4 Å². The van der Waals surface area contributed by atoms with Crippen LogP contribution < -0.4 is 10.1 Å². The zero-order valence-corrected chi connectivity index (χ0v) is 13.1. The summed E-state index contributed by atoms with van der Waals surface area (Å²) in [5.74, 6) is 0.622. The fourth-order valence-electron chi connectivity index (χ4n) is 2.18. The Labute approximate surface area is 130 Å². The molecule has 1 atom stereocenters. The Bertz CT molecular complexity index is 607. The topological polar surface area (TPSA) is 65.4 Å². The van der Waals surface area contributed by atoms with Crippen LogP contribution in [0.3, 0.4) is 0 Å². The van der Waals surface area contributed by atoms with E-state index >= 15 is 0 Å². The number of amides is 1. The second-order valence-electron chi connectivity index (χ2n) is 4.82. The van der Waals surface area contributed by atoms with Gasteiger partial charge >= 0.3 is 0 Å². The van der Waals surface area contributed by atoms with Crippen LogP contribution in [0.2, 0.25) is 0 Å². The normalized spacial score (nSPS) is 12.0. The van der Waals surface area contributed by atoms with Crippen molar-refractivity contribution >= 4 is 5.91 Å². The second-order valence-corrected chi connectivity index (χ2v) is 4.82. The molecule has 1 aromatic carbocycles. The largest absolute Gasteiger partial charge is 0.494 e. The molecule has 0 fully saturated rings. The van der Waals surface area contributed by atoms with Crippen LogP contribution in [0, 0.1) is 0 Å². The molecule has 0 aliphatic heterocycles. The van der Waals surface area contributed by atoms with Crippen LogP contribution in [0.15, 0.2) is 36.5 Å². The molecule has 22 heavy (non-hydrogen) atoms. The molecule has 1 amide bonds. The standard InChI is InChI=1S/C16H21N3O3/c1-4-22-13-7-5-12(6-8-13)14(11-21-3)18-16(20)15-9-10-17-19(15)2/h5-10,14H,4,11H2,1-3H3,(H,18,20)/t14-/m0/s1. The smallest absolute Gasteiger partial charge is 0.270 e. The van der Waals surface area contributed by atoms with Gasteiger partial charge in [0.25, 0.3) is 5.91 Å². The predicted molar refractivity (Wildman–Crippen MR) is 82.9 cm³/mol. The zero-order valence-electron chi connectivity index (χ0n) is 13.1. The third-order valence-electron chi connectivity index (χ3n) is 3.29. The summed E-state index contributed by atoms with van der Waals surface area (Å²) in [6, 6.07) is 9.08. The number of aromatic nitrogens is 2. The fraction of sp³-hybridized carbons (Fsp3) is 0.375. The Morgan fingerprint density at radius 1 is 1.32 bits per heavy atom. The van der Waals surface area contributed by atoms with Crippen molar-refractivity contribution in [3.05, 3.63) is 47.8 Å². The molecular formula is C16H21N3O3. The first-order valence-corrected chi connectivity index (χ1v) is 7.16. The lowest BCUT2D eigenvalue weighted by molar-refractivity contribution is 0.0887. The van der Waals surface area contributed by atoms with Crippen molar-refractivity contribution in [1.82, 2.24) is 15.1 Å². The van der Waals surface area contributed by atoms with E-state index < -0.39 is 0 Å². The van der Waals surface area contributed by atoms with E-state index in [-0.39, 0.29) is 11.9 Å². The van der Waals surface area contributed by atoms with Crippen LogP contribution >= 0.6 is 0 Å². The molecule has 1 heterocycles. The van der Waals surface area contributed by atoms with Gasteiger partial charge < -0.3 is 14.8 Å². The molecule has 0 aliphatic carbocycles. The van der Waals surface area contributed by atoms with Gasteiger partial charge in [-0.15, -0.1) is 0 Å². The predicted octanol–water partition coefficient (Wildman–Crippen LogP) is 1.94. The molecule has 1 N–H and O–H groups in total. The maximum atomic E-state index is 12.3. The van der Waals surface area contributed by atoms with Crippen molar-refractivity contribution in [1.29, 1.82) is 0 Å². The van der Waals surface area contributed by atoms with Gasteiger partial charge in [-0.3, -0.25) is 9.48 Å². The number of hydrogen-bond acceptors (Lipinski definition) is 4. The van der Waals surface area contributed by atoms with E-state index in [4.69, 9.17) is 9.47 Å². The van der Waals surface area contributed by atoms with Crippen LogP contribution in [0.25, 0.3) is 0 Å². The van der Waals surface area contributed by atoms with Gasteiger partial charge in [0.15, 0.2) is 0 Å². The molecule has 1 aromatic heterocycles. The van der Waals surface area contributed by atoms with Crippen LogP contribution in [-0.2, 0) is 11.8 Å². The Balaban J connectivity index is 2.12. The van der Waals surface area contributed by atoms with Crippen molar-refractivity contribution in [2.75, 3.05) is 20.3 Å². The highest BCUT2D eigenvalue weighted by Gasteiger charge is 2.17. The molecule has 6 heteroatoms. The molecule has 2 aromatic rings. The third kappa shape index (κ3) is 3.85. The van der Waals surface area contributed by atoms with Crippen LogP contribution in [0.1, 0.15) is 29.0 Å². The van der Waals surface area contributed by atoms with Gasteiger partial charge in [-0.1, -0.05) is 12.1 Å². The Morgan fingerprint density at radius 2 is 2.05 bits per heavy atom. The maximum absolute atomic E-state index is 12.3. The Morgan fingerprint density at radius 3 is 2.59 bits per heavy atom. The van der Waals surface area contributed by atoms with Crippen LogP contribution in [0.5, 0.6) is 5.75 Å². The number of ether oxygens (including phenoxy) is 2. The summed E-state index contributed by atoms with van der Waals surface area (Å²) in [6.45, 7) is 2.95. The Hall–Kier alpha value is -2.34. The molecule has 0 aliphatic rings. The van der Waals surface area contributed by atoms with E-state index in [2.05, 4.69) is 10.4 Å². The maximum Gasteiger partial charge on any atom is 0.270 e. The van der Waals surface area contributed by atoms with Gasteiger partial charge in [0.1, 0.15) is 11.4 Å². The molecule has 2 rings (SSSR count). The van der Waals surface area contributed by atoms with Crippen LogP contribution in [-0.4, -0.2) is 36.0 Å². The number of carbonyl (C=O) groups is 1. The van der Waals surface area contributed by atoms with E-state index in [1.807, 2.05) is 31.2 Å². The van der Waals surface area contributed by atoms with Gasteiger partial charge in [-0.05, 0) is 30.7 Å². The SMILES string of the molecule is CCOc1ccc([C@H](COC)NC(=O)c2ccnn2C)cc1. The summed E-state index contributed by atoms with van der Waals surface area (Å²) in [5.41, 5.74) is 1.47. The number of nitrogens with one attached hydrogen (secondary N) is 1. The van der Waals surface area contributed by atoms with Crippen molar-refractivity contribution in [2.24, 2.45) is 7.05 Å². The molecule has 0 spiro atoms. The fourth-order valence-corrected chi connectivity index (χ4v) is 2.18. The average Bonchev–Trinajstić information content (AvgIpc) is 2.94. The van der Waals surface area contributed by atoms with Gasteiger partial charge in [-0.2, -0.15) is 5.10 Å². The quantitative estimate of drug-likeness (QED) is 0.849. The molecule has 0 radical (unpaired) electrons. The lowest BCUT2D eigenvalue weighted by Gasteiger charge is -2.19. The highest BCUT2D eigenvalue weighted by Crippen LogP contribution is 2.19. The van der Waals surface area contributed by atoms with E-state index in [1.54, 1.807) is 26.4 Å². The minimum Gasteiger partial charge on any atom is -0.494 e. The molecular weight excluding hydrogens is 282 g/mol. The first kappa shape index (κ1) is 16.0. The number of benzene rings is 1. The van der Waals surface area contributed by atoms with Crippen molar-refractivity contribution in [3.63, 3.8) is 0 Å². The molecule has 0 unspecified atom stereocenters. The van der Waals surface area contributed by atoms with Crippen molar-refractivity contribution < 1.29 is 14.3 Å². The minimum atomic E-state index is -0.233.